The summed E-state index contributed by atoms with van der Waals surface area (Å²) in [5, 5.41) is 2.35. The largest absolute Gasteiger partial charge is 0.245 e. The summed E-state index contributed by atoms with van der Waals surface area (Å²) < 4.78 is 23.9. The van der Waals surface area contributed by atoms with Crippen LogP contribution in [-0.2, 0) is 9.84 Å². The topological polar surface area (TPSA) is 34.1 Å². The van der Waals surface area contributed by atoms with Gasteiger partial charge in [-0.15, -0.1) is 0 Å². The van der Waals surface area contributed by atoms with E-state index in [1.54, 1.807) is 30.3 Å². The summed E-state index contributed by atoms with van der Waals surface area (Å²) in [6, 6.07) is 15.7. The van der Waals surface area contributed by atoms with E-state index in [1.807, 2.05) is 31.2 Å². The molecule has 90 valence electrons. The molecule has 0 spiro atoms. The molecule has 0 N–H and O–H groups in total. The van der Waals surface area contributed by atoms with E-state index in [4.69, 9.17) is 0 Å². The van der Waals surface area contributed by atoms with Crippen molar-refractivity contribution in [3.8, 4) is 11.2 Å². The zero-order valence-corrected chi connectivity index (χ0v) is 10.7. The van der Waals surface area contributed by atoms with Gasteiger partial charge in [-0.1, -0.05) is 36.4 Å². The molecular weight excluding hydrogens is 244 g/mol. The molecule has 0 heterocycles. The third-order valence-corrected chi connectivity index (χ3v) is 3.78. The summed E-state index contributed by atoms with van der Waals surface area (Å²) in [5.74, 6) is 2.71. The van der Waals surface area contributed by atoms with Crippen LogP contribution in [0.25, 0.3) is 0 Å². The SMILES string of the molecule is Cc1ccccc1C#CS(=O)(=O)c1ccccc1. The molecule has 0 amide bonds. The Morgan fingerprint density at radius 2 is 1.50 bits per heavy atom. The lowest BCUT2D eigenvalue weighted by Crippen LogP contribution is -1.96. The first-order valence-electron chi connectivity index (χ1n) is 5.48. The Morgan fingerprint density at radius 1 is 0.889 bits per heavy atom. The van der Waals surface area contributed by atoms with Crippen molar-refractivity contribution in [2.75, 3.05) is 0 Å². The third-order valence-electron chi connectivity index (χ3n) is 2.52. The fourth-order valence-corrected chi connectivity index (χ4v) is 2.37. The van der Waals surface area contributed by atoms with E-state index in [0.29, 0.717) is 0 Å². The molecule has 0 unspecified atom stereocenters. The Bertz CT molecular complexity index is 705. The molecule has 2 aromatic carbocycles. The lowest BCUT2D eigenvalue weighted by molar-refractivity contribution is 0.606. The molecular formula is C15H12O2S. The van der Waals surface area contributed by atoms with E-state index in [0.717, 1.165) is 11.1 Å². The molecule has 18 heavy (non-hydrogen) atoms. The van der Waals surface area contributed by atoms with Gasteiger partial charge in [0.15, 0.2) is 0 Å². The van der Waals surface area contributed by atoms with Gasteiger partial charge in [-0.2, -0.15) is 0 Å². The number of hydrogen-bond donors (Lipinski definition) is 0. The highest BCUT2D eigenvalue weighted by molar-refractivity contribution is 7.96. The molecule has 2 rings (SSSR count). The molecule has 2 aromatic rings. The van der Waals surface area contributed by atoms with Crippen molar-refractivity contribution in [1.29, 1.82) is 0 Å². The molecule has 0 radical (unpaired) electrons. The first kappa shape index (κ1) is 12.4. The Balaban J connectivity index is 2.39. The van der Waals surface area contributed by atoms with E-state index < -0.39 is 9.84 Å². The Labute approximate surface area is 107 Å². The zero-order chi connectivity index (χ0) is 13.0. The molecule has 0 atom stereocenters. The fraction of sp³-hybridized carbons (Fsp3) is 0.0667. The minimum absolute atomic E-state index is 0.228. The Hall–Kier alpha value is -2.05. The van der Waals surface area contributed by atoms with Crippen LogP contribution in [-0.4, -0.2) is 8.42 Å². The number of aryl methyl sites for hydroxylation is 1. The maximum atomic E-state index is 11.9. The van der Waals surface area contributed by atoms with E-state index in [2.05, 4.69) is 11.2 Å². The average Bonchev–Trinajstić information content (AvgIpc) is 2.39. The van der Waals surface area contributed by atoms with Crippen molar-refractivity contribution in [1.82, 2.24) is 0 Å². The summed E-state index contributed by atoms with van der Waals surface area (Å²) in [5.41, 5.74) is 1.70. The summed E-state index contributed by atoms with van der Waals surface area (Å²) >= 11 is 0. The van der Waals surface area contributed by atoms with Gasteiger partial charge in [0.05, 0.1) is 4.90 Å². The van der Waals surface area contributed by atoms with E-state index in [-0.39, 0.29) is 4.90 Å². The molecule has 0 aliphatic heterocycles. The van der Waals surface area contributed by atoms with Gasteiger partial charge in [-0.3, -0.25) is 0 Å². The van der Waals surface area contributed by atoms with Crippen molar-refractivity contribution < 1.29 is 8.42 Å². The van der Waals surface area contributed by atoms with Gasteiger partial charge in [0.25, 0.3) is 0 Å². The van der Waals surface area contributed by atoms with E-state index in [1.165, 1.54) is 0 Å². The second kappa shape index (κ2) is 5.07. The highest BCUT2D eigenvalue weighted by Gasteiger charge is 2.09. The van der Waals surface area contributed by atoms with Crippen LogP contribution in [0.5, 0.6) is 0 Å². The lowest BCUT2D eigenvalue weighted by atomic mass is 10.1. The first-order chi connectivity index (χ1) is 8.59. The van der Waals surface area contributed by atoms with E-state index >= 15 is 0 Å². The molecule has 2 nitrogen and oxygen atoms in total. The minimum Gasteiger partial charge on any atom is -0.210 e. The van der Waals surface area contributed by atoms with Crippen LogP contribution in [0, 0.1) is 18.1 Å². The maximum Gasteiger partial charge on any atom is 0.245 e. The van der Waals surface area contributed by atoms with Crippen LogP contribution in [0.1, 0.15) is 11.1 Å². The molecule has 0 aromatic heterocycles. The Morgan fingerprint density at radius 3 is 2.17 bits per heavy atom. The predicted octanol–water partition coefficient (Wildman–Crippen LogP) is 2.78. The summed E-state index contributed by atoms with van der Waals surface area (Å²) in [6.07, 6.45) is 0. The van der Waals surface area contributed by atoms with Crippen LogP contribution < -0.4 is 0 Å². The van der Waals surface area contributed by atoms with Crippen molar-refractivity contribution in [2.24, 2.45) is 0 Å². The van der Waals surface area contributed by atoms with Crippen LogP contribution in [0.2, 0.25) is 0 Å². The summed E-state index contributed by atoms with van der Waals surface area (Å²) in [6.45, 7) is 1.90. The van der Waals surface area contributed by atoms with Gasteiger partial charge < -0.3 is 0 Å². The fourth-order valence-electron chi connectivity index (χ4n) is 1.49. The quantitative estimate of drug-likeness (QED) is 0.735. The highest BCUT2D eigenvalue weighted by atomic mass is 32.2. The molecule has 0 aliphatic carbocycles. The summed E-state index contributed by atoms with van der Waals surface area (Å²) in [7, 11) is -3.54. The van der Waals surface area contributed by atoms with Gasteiger partial charge >= 0.3 is 0 Å². The number of rotatable bonds is 1. The molecule has 0 aliphatic rings. The molecule has 0 fully saturated rings. The standard InChI is InChI=1S/C15H12O2S/c1-13-7-5-6-8-14(13)11-12-18(16,17)15-9-3-2-4-10-15/h2-10H,1H3. The van der Waals surface area contributed by atoms with Crippen LogP contribution in [0.3, 0.4) is 0 Å². The zero-order valence-electron chi connectivity index (χ0n) is 9.92. The van der Waals surface area contributed by atoms with Crippen LogP contribution >= 0.6 is 0 Å². The number of hydrogen-bond acceptors (Lipinski definition) is 2. The summed E-state index contributed by atoms with van der Waals surface area (Å²) in [4.78, 5) is 0.228. The van der Waals surface area contributed by atoms with Crippen molar-refractivity contribution in [3.05, 3.63) is 65.7 Å². The lowest BCUT2D eigenvalue weighted by Gasteiger charge is -1.96. The second-order valence-corrected chi connectivity index (χ2v) is 5.54. The Kier molecular flexibility index (Phi) is 3.50. The molecule has 0 bridgehead atoms. The van der Waals surface area contributed by atoms with Gasteiger partial charge in [0.2, 0.25) is 9.84 Å². The number of sulfone groups is 1. The number of benzene rings is 2. The van der Waals surface area contributed by atoms with Crippen LogP contribution in [0.15, 0.2) is 59.5 Å². The normalized spacial score (nSPS) is 10.5. The van der Waals surface area contributed by atoms with E-state index in [9.17, 15) is 8.42 Å². The van der Waals surface area contributed by atoms with Gasteiger partial charge in [-0.25, -0.2) is 8.42 Å². The monoisotopic (exact) mass is 256 g/mol. The average molecular weight is 256 g/mol. The minimum atomic E-state index is -3.54. The highest BCUT2D eigenvalue weighted by Crippen LogP contribution is 2.10. The van der Waals surface area contributed by atoms with Gasteiger partial charge in [0.1, 0.15) is 0 Å². The van der Waals surface area contributed by atoms with Gasteiger partial charge in [0, 0.05) is 10.8 Å². The molecule has 0 saturated carbocycles. The maximum absolute atomic E-state index is 11.9. The molecule has 0 saturated heterocycles. The van der Waals surface area contributed by atoms with Gasteiger partial charge in [-0.05, 0) is 36.6 Å². The van der Waals surface area contributed by atoms with Crippen molar-refractivity contribution >= 4 is 9.84 Å². The first-order valence-corrected chi connectivity index (χ1v) is 6.96. The smallest absolute Gasteiger partial charge is 0.210 e. The predicted molar refractivity (Wildman–Crippen MR) is 71.7 cm³/mol. The second-order valence-electron chi connectivity index (χ2n) is 3.86. The van der Waals surface area contributed by atoms with Crippen molar-refractivity contribution in [2.45, 2.75) is 11.8 Å². The van der Waals surface area contributed by atoms with Crippen LogP contribution in [0.4, 0.5) is 0 Å². The molecule has 3 heteroatoms. The third kappa shape index (κ3) is 2.79. The van der Waals surface area contributed by atoms with Crippen molar-refractivity contribution in [3.63, 3.8) is 0 Å².